The molecule has 0 fully saturated rings. The Labute approximate surface area is 105 Å². The van der Waals surface area contributed by atoms with Crippen LogP contribution in [0.2, 0.25) is 0 Å². The van der Waals surface area contributed by atoms with Crippen LogP contribution in [-0.4, -0.2) is 5.71 Å². The van der Waals surface area contributed by atoms with Crippen LogP contribution in [0.4, 0.5) is 5.69 Å². The zero-order valence-corrected chi connectivity index (χ0v) is 10.3. The van der Waals surface area contributed by atoms with Gasteiger partial charge in [-0.2, -0.15) is 5.10 Å². The van der Waals surface area contributed by atoms with Crippen molar-refractivity contribution in [3.8, 4) is 11.8 Å². The van der Waals surface area contributed by atoms with Gasteiger partial charge < -0.3 is 0 Å². The van der Waals surface area contributed by atoms with Gasteiger partial charge in [0.05, 0.1) is 10.6 Å². The fourth-order valence-corrected chi connectivity index (χ4v) is 1.76. The lowest BCUT2D eigenvalue weighted by Crippen LogP contribution is -1.94. The highest BCUT2D eigenvalue weighted by molar-refractivity contribution is 7.10. The highest BCUT2D eigenvalue weighted by Gasteiger charge is 1.88. The van der Waals surface area contributed by atoms with Crippen LogP contribution in [0.5, 0.6) is 0 Å². The topological polar surface area (TPSA) is 24.4 Å². The van der Waals surface area contributed by atoms with Crippen molar-refractivity contribution in [2.24, 2.45) is 5.10 Å². The van der Waals surface area contributed by atoms with Crippen molar-refractivity contribution < 1.29 is 0 Å². The fraction of sp³-hybridized carbons (Fsp3) is 0.0714. The molecule has 1 aromatic carbocycles. The van der Waals surface area contributed by atoms with Gasteiger partial charge in [-0.15, -0.1) is 11.3 Å². The van der Waals surface area contributed by atoms with E-state index in [1.165, 1.54) is 0 Å². The summed E-state index contributed by atoms with van der Waals surface area (Å²) in [5.41, 5.74) is 4.69. The number of hydrazone groups is 1. The van der Waals surface area contributed by atoms with Gasteiger partial charge in [0.2, 0.25) is 0 Å². The minimum atomic E-state index is 0.766. The maximum absolute atomic E-state index is 4.19. The van der Waals surface area contributed by atoms with Gasteiger partial charge >= 0.3 is 0 Å². The normalized spacial score (nSPS) is 10.5. The van der Waals surface area contributed by atoms with E-state index in [-0.39, 0.29) is 0 Å². The van der Waals surface area contributed by atoms with Gasteiger partial charge in [-0.25, -0.2) is 0 Å². The van der Waals surface area contributed by atoms with E-state index in [2.05, 4.69) is 22.4 Å². The average molecular weight is 240 g/mol. The Kier molecular flexibility index (Phi) is 3.95. The maximum atomic E-state index is 4.19. The minimum Gasteiger partial charge on any atom is -0.278 e. The molecule has 1 N–H and O–H groups in total. The molecule has 2 nitrogen and oxygen atoms in total. The van der Waals surface area contributed by atoms with E-state index >= 15 is 0 Å². The van der Waals surface area contributed by atoms with E-state index < -0.39 is 0 Å². The Hall–Kier alpha value is -2.05. The smallest absolute Gasteiger partial charge is 0.107 e. The van der Waals surface area contributed by atoms with Gasteiger partial charge in [0, 0.05) is 0 Å². The molecule has 0 bridgehead atoms. The molecule has 0 saturated heterocycles. The van der Waals surface area contributed by atoms with Crippen LogP contribution in [0, 0.1) is 11.8 Å². The largest absolute Gasteiger partial charge is 0.278 e. The maximum Gasteiger partial charge on any atom is 0.107 e. The van der Waals surface area contributed by atoms with Gasteiger partial charge in [0.1, 0.15) is 5.71 Å². The fourth-order valence-electron chi connectivity index (χ4n) is 1.19. The number of rotatable bonds is 2. The molecule has 0 amide bonds. The molecule has 2 aromatic rings. The molecule has 84 valence electrons. The number of hydrogen-bond acceptors (Lipinski definition) is 3. The molecule has 3 heteroatoms. The Bertz CT molecular complexity index is 545. The van der Waals surface area contributed by atoms with Gasteiger partial charge in [-0.1, -0.05) is 24.3 Å². The summed E-state index contributed by atoms with van der Waals surface area (Å²) in [5, 5.41) is 6.20. The van der Waals surface area contributed by atoms with E-state index in [9.17, 15) is 0 Å². The summed E-state index contributed by atoms with van der Waals surface area (Å²) in [6, 6.07) is 13.8. The van der Waals surface area contributed by atoms with Crippen molar-refractivity contribution in [1.29, 1.82) is 0 Å². The number of para-hydroxylation sites is 1. The van der Waals surface area contributed by atoms with Crippen LogP contribution < -0.4 is 5.43 Å². The van der Waals surface area contributed by atoms with E-state index in [1.807, 2.05) is 54.8 Å². The third-order valence-electron chi connectivity index (χ3n) is 2.01. The molecule has 0 unspecified atom stereocenters. The molecule has 1 heterocycles. The molecule has 0 aliphatic carbocycles. The van der Waals surface area contributed by atoms with Crippen LogP contribution in [0.25, 0.3) is 0 Å². The Balaban J connectivity index is 1.98. The van der Waals surface area contributed by atoms with Crippen LogP contribution in [0.1, 0.15) is 11.8 Å². The highest BCUT2D eigenvalue weighted by Crippen LogP contribution is 2.06. The lowest BCUT2D eigenvalue weighted by molar-refractivity contribution is 1.33. The lowest BCUT2D eigenvalue weighted by atomic mass is 10.3. The van der Waals surface area contributed by atoms with Gasteiger partial charge in [-0.3, -0.25) is 5.43 Å². The van der Waals surface area contributed by atoms with E-state index in [4.69, 9.17) is 0 Å². The van der Waals surface area contributed by atoms with E-state index in [0.717, 1.165) is 16.3 Å². The zero-order valence-electron chi connectivity index (χ0n) is 9.47. The van der Waals surface area contributed by atoms with Gasteiger partial charge in [-0.05, 0) is 42.3 Å². The predicted octanol–water partition coefficient (Wildman–Crippen LogP) is 3.59. The zero-order chi connectivity index (χ0) is 11.9. The molecular weight excluding hydrogens is 228 g/mol. The lowest BCUT2D eigenvalue weighted by Gasteiger charge is -1.98. The van der Waals surface area contributed by atoms with Crippen molar-refractivity contribution in [3.05, 3.63) is 52.7 Å². The molecule has 0 radical (unpaired) electrons. The Morgan fingerprint density at radius 1 is 1.18 bits per heavy atom. The minimum absolute atomic E-state index is 0.766. The first-order valence-corrected chi connectivity index (χ1v) is 6.13. The van der Waals surface area contributed by atoms with Crippen LogP contribution >= 0.6 is 11.3 Å². The summed E-state index contributed by atoms with van der Waals surface area (Å²) in [5.74, 6) is 6.06. The van der Waals surface area contributed by atoms with Crippen molar-refractivity contribution in [2.45, 2.75) is 6.92 Å². The summed E-state index contributed by atoms with van der Waals surface area (Å²) < 4.78 is 0. The first-order chi connectivity index (χ1) is 8.34. The van der Waals surface area contributed by atoms with Crippen molar-refractivity contribution >= 4 is 22.7 Å². The molecule has 0 atom stereocenters. The molecule has 0 aliphatic rings. The second-order valence-electron chi connectivity index (χ2n) is 3.40. The molecule has 0 aliphatic heterocycles. The van der Waals surface area contributed by atoms with Crippen LogP contribution in [-0.2, 0) is 0 Å². The standard InChI is InChI=1S/C14H12N2S/c1-12(9-10-14-8-5-11-17-14)15-16-13-6-3-2-4-7-13/h2-8,11,16H,1H3/b15-12+. The summed E-state index contributed by atoms with van der Waals surface area (Å²) >= 11 is 1.63. The predicted molar refractivity (Wildman–Crippen MR) is 74.4 cm³/mol. The summed E-state index contributed by atoms with van der Waals surface area (Å²) in [7, 11) is 0. The molecule has 2 rings (SSSR count). The first kappa shape index (κ1) is 11.4. The first-order valence-electron chi connectivity index (χ1n) is 5.25. The summed E-state index contributed by atoms with van der Waals surface area (Å²) in [4.78, 5) is 1.05. The molecular formula is C14H12N2S. The SMILES string of the molecule is C/C(C#Cc1cccs1)=N\Nc1ccccc1. The monoisotopic (exact) mass is 240 g/mol. The average Bonchev–Trinajstić information content (AvgIpc) is 2.88. The molecule has 1 aromatic heterocycles. The number of benzene rings is 1. The number of nitrogens with one attached hydrogen (secondary N) is 1. The molecule has 17 heavy (non-hydrogen) atoms. The number of hydrogen-bond donors (Lipinski definition) is 1. The van der Waals surface area contributed by atoms with Gasteiger partial charge in [0.25, 0.3) is 0 Å². The summed E-state index contributed by atoms with van der Waals surface area (Å²) in [6.45, 7) is 1.89. The quantitative estimate of drug-likeness (QED) is 0.484. The third-order valence-corrected chi connectivity index (χ3v) is 2.80. The molecule has 0 spiro atoms. The van der Waals surface area contributed by atoms with Crippen LogP contribution in [0.15, 0.2) is 52.9 Å². The van der Waals surface area contributed by atoms with Crippen molar-refractivity contribution in [2.75, 3.05) is 5.43 Å². The molecule has 0 saturated carbocycles. The third kappa shape index (κ3) is 3.78. The summed E-state index contributed by atoms with van der Waals surface area (Å²) in [6.07, 6.45) is 0. The Morgan fingerprint density at radius 2 is 2.00 bits per heavy atom. The van der Waals surface area contributed by atoms with Crippen LogP contribution in [0.3, 0.4) is 0 Å². The number of anilines is 1. The second-order valence-corrected chi connectivity index (χ2v) is 4.35. The van der Waals surface area contributed by atoms with Crippen molar-refractivity contribution in [1.82, 2.24) is 0 Å². The van der Waals surface area contributed by atoms with Gasteiger partial charge in [0.15, 0.2) is 0 Å². The van der Waals surface area contributed by atoms with E-state index in [0.29, 0.717) is 0 Å². The Morgan fingerprint density at radius 3 is 2.71 bits per heavy atom. The highest BCUT2D eigenvalue weighted by atomic mass is 32.1. The second kappa shape index (κ2) is 5.88. The number of thiophene rings is 1. The number of nitrogens with zero attached hydrogens (tertiary/aromatic N) is 1. The van der Waals surface area contributed by atoms with E-state index in [1.54, 1.807) is 11.3 Å². The van der Waals surface area contributed by atoms with Crippen molar-refractivity contribution in [3.63, 3.8) is 0 Å².